The molecular formula is C14H19N3O4S. The Bertz CT molecular complexity index is 502. The van der Waals surface area contributed by atoms with Crippen molar-refractivity contribution in [3.63, 3.8) is 0 Å². The van der Waals surface area contributed by atoms with Crippen LogP contribution >= 0.6 is 11.3 Å². The first-order valence-corrected chi connectivity index (χ1v) is 8.00. The molecule has 8 heteroatoms. The summed E-state index contributed by atoms with van der Waals surface area (Å²) in [5, 5.41) is 7.37. The molecule has 22 heavy (non-hydrogen) atoms. The van der Waals surface area contributed by atoms with Crippen molar-refractivity contribution in [2.24, 2.45) is 0 Å². The molecule has 7 nitrogen and oxygen atoms in total. The van der Waals surface area contributed by atoms with E-state index in [4.69, 9.17) is 4.74 Å². The van der Waals surface area contributed by atoms with Crippen LogP contribution in [0, 0.1) is 0 Å². The van der Waals surface area contributed by atoms with Crippen molar-refractivity contribution in [2.75, 3.05) is 26.3 Å². The molecular weight excluding hydrogens is 306 g/mol. The summed E-state index contributed by atoms with van der Waals surface area (Å²) in [6.07, 6.45) is 0.593. The zero-order chi connectivity index (χ0) is 15.8. The molecule has 0 spiro atoms. The van der Waals surface area contributed by atoms with E-state index in [2.05, 4.69) is 10.6 Å². The Morgan fingerprint density at radius 3 is 2.68 bits per heavy atom. The van der Waals surface area contributed by atoms with Crippen molar-refractivity contribution in [2.45, 2.75) is 19.4 Å². The minimum Gasteiger partial charge on any atom is -0.378 e. The Morgan fingerprint density at radius 2 is 2.00 bits per heavy atom. The van der Waals surface area contributed by atoms with Crippen molar-refractivity contribution in [1.82, 2.24) is 15.5 Å². The molecule has 2 heterocycles. The molecule has 1 aromatic rings. The van der Waals surface area contributed by atoms with Gasteiger partial charge in [-0.1, -0.05) is 6.07 Å². The van der Waals surface area contributed by atoms with Gasteiger partial charge in [0.15, 0.2) is 0 Å². The second-order valence-corrected chi connectivity index (χ2v) is 5.77. The van der Waals surface area contributed by atoms with E-state index in [1.165, 1.54) is 4.90 Å². The number of thiophene rings is 1. The van der Waals surface area contributed by atoms with Gasteiger partial charge in [0.25, 0.3) is 0 Å². The summed E-state index contributed by atoms with van der Waals surface area (Å²) in [6, 6.07) is 3.64. The van der Waals surface area contributed by atoms with E-state index in [-0.39, 0.29) is 31.0 Å². The van der Waals surface area contributed by atoms with E-state index in [1.54, 1.807) is 11.3 Å². The predicted octanol–water partition coefficient (Wildman–Crippen LogP) is 0.713. The molecule has 0 aliphatic carbocycles. The number of nitrogens with zero attached hydrogens (tertiary/aromatic N) is 1. The summed E-state index contributed by atoms with van der Waals surface area (Å²) in [6.45, 7) is 1.78. The Balaban J connectivity index is 1.47. The fraction of sp³-hybridized carbons (Fsp3) is 0.500. The lowest BCUT2D eigenvalue weighted by molar-refractivity contribution is -0.139. The van der Waals surface area contributed by atoms with Gasteiger partial charge in [-0.3, -0.25) is 14.5 Å². The van der Waals surface area contributed by atoms with Gasteiger partial charge < -0.3 is 15.4 Å². The van der Waals surface area contributed by atoms with Gasteiger partial charge in [-0.2, -0.15) is 0 Å². The van der Waals surface area contributed by atoms with E-state index in [0.29, 0.717) is 32.5 Å². The van der Waals surface area contributed by atoms with E-state index >= 15 is 0 Å². The van der Waals surface area contributed by atoms with Crippen molar-refractivity contribution in [1.29, 1.82) is 0 Å². The lowest BCUT2D eigenvalue weighted by Gasteiger charge is -2.13. The maximum absolute atomic E-state index is 11.5. The molecule has 2 rings (SSSR count). The average Bonchev–Trinajstić information content (AvgIpc) is 3.12. The SMILES string of the molecule is O=C(NCCOCCN1C(=O)CCC1=O)NCc1cccs1. The third-order valence-electron chi connectivity index (χ3n) is 3.15. The van der Waals surface area contributed by atoms with Gasteiger partial charge in [0, 0.05) is 24.3 Å². The quantitative estimate of drug-likeness (QED) is 0.544. The molecule has 1 aliphatic rings. The first kappa shape index (κ1) is 16.4. The van der Waals surface area contributed by atoms with Gasteiger partial charge >= 0.3 is 6.03 Å². The number of amides is 4. The molecule has 1 saturated heterocycles. The zero-order valence-corrected chi connectivity index (χ0v) is 13.0. The van der Waals surface area contributed by atoms with Crippen molar-refractivity contribution >= 4 is 29.2 Å². The van der Waals surface area contributed by atoms with E-state index in [1.807, 2.05) is 17.5 Å². The van der Waals surface area contributed by atoms with Crippen LogP contribution in [0.25, 0.3) is 0 Å². The first-order chi connectivity index (χ1) is 10.7. The van der Waals surface area contributed by atoms with Crippen LogP contribution in [0.15, 0.2) is 17.5 Å². The normalized spacial score (nSPS) is 14.5. The number of carbonyl (C=O) groups excluding carboxylic acids is 3. The number of carbonyl (C=O) groups is 3. The minimum atomic E-state index is -0.248. The monoisotopic (exact) mass is 325 g/mol. The smallest absolute Gasteiger partial charge is 0.315 e. The van der Waals surface area contributed by atoms with Crippen LogP contribution in [0.3, 0.4) is 0 Å². The highest BCUT2D eigenvalue weighted by molar-refractivity contribution is 7.09. The van der Waals surface area contributed by atoms with E-state index < -0.39 is 0 Å². The number of ether oxygens (including phenoxy) is 1. The number of imide groups is 1. The fourth-order valence-corrected chi connectivity index (χ4v) is 2.65. The predicted molar refractivity (Wildman–Crippen MR) is 81.3 cm³/mol. The Kier molecular flexibility index (Phi) is 6.35. The molecule has 1 aliphatic heterocycles. The number of urea groups is 1. The summed E-state index contributed by atoms with van der Waals surface area (Å²) in [5.41, 5.74) is 0. The Morgan fingerprint density at radius 1 is 1.23 bits per heavy atom. The number of hydrogen-bond acceptors (Lipinski definition) is 5. The van der Waals surface area contributed by atoms with Gasteiger partial charge in [-0.15, -0.1) is 11.3 Å². The van der Waals surface area contributed by atoms with Gasteiger partial charge in [0.2, 0.25) is 11.8 Å². The maximum atomic E-state index is 11.5. The molecule has 0 radical (unpaired) electrons. The van der Waals surface area contributed by atoms with Gasteiger partial charge in [0.05, 0.1) is 26.3 Å². The zero-order valence-electron chi connectivity index (χ0n) is 12.2. The van der Waals surface area contributed by atoms with Crippen LogP contribution in [-0.2, 0) is 20.9 Å². The third-order valence-corrected chi connectivity index (χ3v) is 4.03. The number of rotatable bonds is 8. The second-order valence-electron chi connectivity index (χ2n) is 4.74. The maximum Gasteiger partial charge on any atom is 0.315 e. The second kappa shape index (κ2) is 8.50. The van der Waals surface area contributed by atoms with E-state index in [9.17, 15) is 14.4 Å². The number of hydrogen-bond donors (Lipinski definition) is 2. The molecule has 120 valence electrons. The fourth-order valence-electron chi connectivity index (χ4n) is 2.01. The summed E-state index contributed by atoms with van der Waals surface area (Å²) in [7, 11) is 0. The van der Waals surface area contributed by atoms with Crippen molar-refractivity contribution < 1.29 is 19.1 Å². The van der Waals surface area contributed by atoms with Crippen LogP contribution in [-0.4, -0.2) is 49.0 Å². The molecule has 0 bridgehead atoms. The van der Waals surface area contributed by atoms with Gasteiger partial charge in [-0.25, -0.2) is 4.79 Å². The number of nitrogens with one attached hydrogen (secondary N) is 2. The lowest BCUT2D eigenvalue weighted by atomic mass is 10.4. The molecule has 0 unspecified atom stereocenters. The largest absolute Gasteiger partial charge is 0.378 e. The van der Waals surface area contributed by atoms with Gasteiger partial charge in [-0.05, 0) is 11.4 Å². The van der Waals surface area contributed by atoms with Crippen LogP contribution in [0.4, 0.5) is 4.79 Å². The molecule has 2 N–H and O–H groups in total. The summed E-state index contributed by atoms with van der Waals surface area (Å²) >= 11 is 1.59. The third kappa shape index (κ3) is 5.12. The van der Waals surface area contributed by atoms with Crippen LogP contribution < -0.4 is 10.6 Å². The molecule has 0 aromatic carbocycles. The summed E-state index contributed by atoms with van der Waals surface area (Å²) in [4.78, 5) is 36.5. The first-order valence-electron chi connectivity index (χ1n) is 7.12. The van der Waals surface area contributed by atoms with Crippen LogP contribution in [0.5, 0.6) is 0 Å². The van der Waals surface area contributed by atoms with E-state index in [0.717, 1.165) is 4.88 Å². The standard InChI is InChI=1S/C14H19N3O4S/c18-12-3-4-13(19)17(12)6-8-21-7-5-15-14(20)16-10-11-2-1-9-22-11/h1-2,9H,3-8,10H2,(H2,15,16,20). The van der Waals surface area contributed by atoms with Crippen molar-refractivity contribution in [3.05, 3.63) is 22.4 Å². The summed E-state index contributed by atoms with van der Waals surface area (Å²) < 4.78 is 5.31. The van der Waals surface area contributed by atoms with Crippen molar-refractivity contribution in [3.8, 4) is 0 Å². The molecule has 4 amide bonds. The van der Waals surface area contributed by atoms with Crippen LogP contribution in [0.2, 0.25) is 0 Å². The molecule has 1 aromatic heterocycles. The number of likely N-dealkylation sites (tertiary alicyclic amines) is 1. The van der Waals surface area contributed by atoms with Crippen LogP contribution in [0.1, 0.15) is 17.7 Å². The highest BCUT2D eigenvalue weighted by Crippen LogP contribution is 2.10. The minimum absolute atomic E-state index is 0.139. The summed E-state index contributed by atoms with van der Waals surface area (Å²) in [5.74, 6) is -0.278. The molecule has 0 saturated carbocycles. The highest BCUT2D eigenvalue weighted by Gasteiger charge is 2.27. The average molecular weight is 325 g/mol. The molecule has 1 fully saturated rings. The highest BCUT2D eigenvalue weighted by atomic mass is 32.1. The molecule has 0 atom stereocenters. The lowest BCUT2D eigenvalue weighted by Crippen LogP contribution is -2.37. The Labute approximate surface area is 132 Å². The Hall–Kier alpha value is -1.93. The van der Waals surface area contributed by atoms with Gasteiger partial charge in [0.1, 0.15) is 0 Å². The topological polar surface area (TPSA) is 87.7 Å².